The van der Waals surface area contributed by atoms with Crippen molar-refractivity contribution in [3.8, 4) is 0 Å². The highest BCUT2D eigenvalue weighted by molar-refractivity contribution is 5.81. The summed E-state index contributed by atoms with van der Waals surface area (Å²) in [7, 11) is 0. The molecule has 0 radical (unpaired) electrons. The van der Waals surface area contributed by atoms with Crippen LogP contribution >= 0.6 is 0 Å². The maximum atomic E-state index is 11.1. The summed E-state index contributed by atoms with van der Waals surface area (Å²) in [4.78, 5) is 11.1. The van der Waals surface area contributed by atoms with E-state index >= 15 is 0 Å². The van der Waals surface area contributed by atoms with E-state index in [2.05, 4.69) is 13.8 Å². The second-order valence-corrected chi connectivity index (χ2v) is 5.26. The van der Waals surface area contributed by atoms with Gasteiger partial charge in [0.15, 0.2) is 0 Å². The van der Waals surface area contributed by atoms with E-state index in [0.717, 1.165) is 12.8 Å². The van der Waals surface area contributed by atoms with Crippen molar-refractivity contribution in [3.63, 3.8) is 0 Å². The van der Waals surface area contributed by atoms with Gasteiger partial charge in [-0.05, 0) is 36.0 Å². The Hall–Kier alpha value is -0.530. The molecule has 4 saturated carbocycles. The normalized spacial score (nSPS) is 57.3. The van der Waals surface area contributed by atoms with Gasteiger partial charge in [-0.3, -0.25) is 0 Å². The van der Waals surface area contributed by atoms with E-state index in [1.54, 1.807) is 0 Å². The van der Waals surface area contributed by atoms with Crippen molar-refractivity contribution in [2.24, 2.45) is 28.6 Å². The van der Waals surface area contributed by atoms with E-state index in [-0.39, 0.29) is 5.41 Å². The van der Waals surface area contributed by atoms with Crippen LogP contribution in [0.2, 0.25) is 0 Å². The molecule has 0 aromatic heterocycles. The predicted octanol–water partition coefficient (Wildman–Crippen LogP) is 0.418. The summed E-state index contributed by atoms with van der Waals surface area (Å²) in [6.07, 6.45) is 2.29. The zero-order chi connectivity index (χ0) is 8.72. The Labute approximate surface area is 72.0 Å². The molecule has 66 valence electrons. The molecule has 2 nitrogen and oxygen atoms in total. The lowest BCUT2D eigenvalue weighted by molar-refractivity contribution is -0.317. The third-order valence-corrected chi connectivity index (χ3v) is 5.05. The molecule has 0 heterocycles. The van der Waals surface area contributed by atoms with Gasteiger partial charge in [0.05, 0.1) is 0 Å². The Balaban J connectivity index is 2.15. The Kier molecular flexibility index (Phi) is 0.836. The van der Waals surface area contributed by atoms with E-state index < -0.39 is 11.4 Å². The van der Waals surface area contributed by atoms with Crippen molar-refractivity contribution >= 4 is 5.97 Å². The molecule has 0 aromatic rings. The number of rotatable bonds is 1. The fourth-order valence-corrected chi connectivity index (χ4v) is 4.40. The van der Waals surface area contributed by atoms with Gasteiger partial charge in [0.1, 0.15) is 0 Å². The van der Waals surface area contributed by atoms with Crippen LogP contribution in [0, 0.1) is 28.6 Å². The van der Waals surface area contributed by atoms with Gasteiger partial charge in [-0.2, -0.15) is 0 Å². The van der Waals surface area contributed by atoms with Gasteiger partial charge in [-0.1, -0.05) is 13.8 Å². The second kappa shape index (κ2) is 1.45. The van der Waals surface area contributed by atoms with Crippen LogP contribution in [-0.4, -0.2) is 5.97 Å². The second-order valence-electron chi connectivity index (χ2n) is 5.26. The largest absolute Gasteiger partial charge is 0.550 e. The van der Waals surface area contributed by atoms with Crippen molar-refractivity contribution in [3.05, 3.63) is 0 Å². The first-order chi connectivity index (χ1) is 5.53. The van der Waals surface area contributed by atoms with Crippen LogP contribution in [0.15, 0.2) is 0 Å². The van der Waals surface area contributed by atoms with Crippen LogP contribution in [0.5, 0.6) is 0 Å². The molecule has 0 aliphatic heterocycles. The average molecular weight is 165 g/mol. The highest BCUT2D eigenvalue weighted by Gasteiger charge is 2.83. The Morgan fingerprint density at radius 3 is 2.00 bits per heavy atom. The fourth-order valence-electron chi connectivity index (χ4n) is 4.40. The summed E-state index contributed by atoms with van der Waals surface area (Å²) in [5.74, 6) is 0.831. The number of carboxylic acid groups (broad SMARTS) is 1. The van der Waals surface area contributed by atoms with Gasteiger partial charge in [0.2, 0.25) is 0 Å². The van der Waals surface area contributed by atoms with E-state index in [1.807, 2.05) is 0 Å². The van der Waals surface area contributed by atoms with Crippen molar-refractivity contribution < 1.29 is 9.90 Å². The molecule has 0 saturated heterocycles. The summed E-state index contributed by atoms with van der Waals surface area (Å²) < 4.78 is 0. The van der Waals surface area contributed by atoms with Gasteiger partial charge >= 0.3 is 0 Å². The maximum Gasteiger partial charge on any atom is 0.0487 e. The van der Waals surface area contributed by atoms with Crippen molar-refractivity contribution in [1.29, 1.82) is 0 Å². The van der Waals surface area contributed by atoms with Crippen LogP contribution in [0.25, 0.3) is 0 Å². The van der Waals surface area contributed by atoms with Crippen LogP contribution in [0.3, 0.4) is 0 Å². The molecule has 4 fully saturated rings. The molecule has 12 heavy (non-hydrogen) atoms. The minimum absolute atomic E-state index is 0.0150. The van der Waals surface area contributed by atoms with Crippen LogP contribution < -0.4 is 5.11 Å². The molecule has 4 atom stereocenters. The van der Waals surface area contributed by atoms with Crippen molar-refractivity contribution in [2.75, 3.05) is 0 Å². The fraction of sp³-hybridized carbons (Fsp3) is 0.900. The smallest absolute Gasteiger partial charge is 0.0487 e. The standard InChI is InChI=1S/C10H14O2/c1-9(2)5-3-6-7(4-5)10(6,9)8(11)12/h5-7H,3-4H2,1-2H3,(H,11,12)/p-1/t5?,6-,7+,10?. The van der Waals surface area contributed by atoms with Crippen LogP contribution in [0.1, 0.15) is 26.7 Å². The molecule has 0 amide bonds. The average Bonchev–Trinajstić information content (AvgIpc) is 2.30. The monoisotopic (exact) mass is 165 g/mol. The van der Waals surface area contributed by atoms with E-state index in [4.69, 9.17) is 0 Å². The molecular weight excluding hydrogens is 152 g/mol. The maximum absolute atomic E-state index is 11.1. The van der Waals surface area contributed by atoms with Gasteiger partial charge in [-0.25, -0.2) is 0 Å². The molecule has 4 rings (SSSR count). The van der Waals surface area contributed by atoms with Gasteiger partial charge < -0.3 is 9.90 Å². The van der Waals surface area contributed by atoms with E-state index in [0.29, 0.717) is 17.8 Å². The number of carbonyl (C=O) groups excluding carboxylic acids is 1. The molecule has 4 bridgehead atoms. The minimum Gasteiger partial charge on any atom is -0.550 e. The molecule has 0 aromatic carbocycles. The van der Waals surface area contributed by atoms with Gasteiger partial charge in [-0.15, -0.1) is 0 Å². The highest BCUT2D eigenvalue weighted by atomic mass is 16.4. The molecule has 4 aliphatic carbocycles. The number of hydrogen-bond donors (Lipinski definition) is 0. The SMILES string of the molecule is CC1(C)C2C[C@@H]3[C@H](C2)C31C(=O)[O-]. The molecular formula is C10H13O2-. The quantitative estimate of drug-likeness (QED) is 0.565. The first-order valence-corrected chi connectivity index (χ1v) is 4.74. The summed E-state index contributed by atoms with van der Waals surface area (Å²) >= 11 is 0. The minimum atomic E-state index is -0.775. The van der Waals surface area contributed by atoms with Crippen LogP contribution in [0.4, 0.5) is 0 Å². The third-order valence-electron chi connectivity index (χ3n) is 5.05. The summed E-state index contributed by atoms with van der Waals surface area (Å²) in [6.45, 7) is 4.22. The Morgan fingerprint density at radius 1 is 1.33 bits per heavy atom. The summed E-state index contributed by atoms with van der Waals surface area (Å²) in [5.41, 5.74) is -0.390. The number of hydrogen-bond acceptors (Lipinski definition) is 2. The lowest BCUT2D eigenvalue weighted by atomic mass is 9.75. The lowest BCUT2D eigenvalue weighted by Gasteiger charge is -2.32. The predicted molar refractivity (Wildman–Crippen MR) is 40.9 cm³/mol. The van der Waals surface area contributed by atoms with Crippen molar-refractivity contribution in [2.45, 2.75) is 26.7 Å². The van der Waals surface area contributed by atoms with E-state index in [9.17, 15) is 9.90 Å². The first-order valence-electron chi connectivity index (χ1n) is 4.74. The molecule has 4 aliphatic rings. The molecule has 0 spiro atoms. The topological polar surface area (TPSA) is 40.1 Å². The summed E-state index contributed by atoms with van der Waals surface area (Å²) in [6, 6.07) is 0. The number of carboxylic acids is 1. The molecule has 2 unspecified atom stereocenters. The first kappa shape index (κ1) is 6.93. The number of carbonyl (C=O) groups is 1. The van der Waals surface area contributed by atoms with Gasteiger partial charge in [0.25, 0.3) is 0 Å². The van der Waals surface area contributed by atoms with Crippen LogP contribution in [-0.2, 0) is 4.79 Å². The lowest BCUT2D eigenvalue weighted by Crippen LogP contribution is -2.41. The molecule has 2 heteroatoms. The van der Waals surface area contributed by atoms with E-state index in [1.165, 1.54) is 0 Å². The number of aliphatic carboxylic acids is 1. The third kappa shape index (κ3) is 0.377. The zero-order valence-corrected chi connectivity index (χ0v) is 7.46. The Bertz CT molecular complexity index is 268. The Morgan fingerprint density at radius 2 is 1.83 bits per heavy atom. The zero-order valence-electron chi connectivity index (χ0n) is 7.46. The highest BCUT2D eigenvalue weighted by Crippen LogP contribution is 2.85. The molecule has 0 N–H and O–H groups in total. The van der Waals surface area contributed by atoms with Gasteiger partial charge in [0, 0.05) is 11.4 Å². The van der Waals surface area contributed by atoms with Crippen molar-refractivity contribution in [1.82, 2.24) is 0 Å². The summed E-state index contributed by atoms with van der Waals surface area (Å²) in [5, 5.41) is 11.1.